The minimum atomic E-state index is -0.131. The number of ether oxygens (including phenoxy) is 2. The van der Waals surface area contributed by atoms with Crippen LogP contribution in [0.5, 0.6) is 11.5 Å². The van der Waals surface area contributed by atoms with Crippen molar-refractivity contribution < 1.29 is 14.4 Å². The minimum Gasteiger partial charge on any atom is -0.493 e. The summed E-state index contributed by atoms with van der Waals surface area (Å²) in [6.45, 7) is 7.58. The molecule has 1 aromatic heterocycles. The van der Waals surface area contributed by atoms with Crippen molar-refractivity contribution in [2.24, 2.45) is 11.8 Å². The van der Waals surface area contributed by atoms with Gasteiger partial charge in [0, 0.05) is 17.9 Å². The fourth-order valence-corrected chi connectivity index (χ4v) is 3.90. The van der Waals surface area contributed by atoms with Crippen molar-refractivity contribution in [3.63, 3.8) is 0 Å². The maximum absolute atomic E-state index is 12.4. The molecule has 2 atom stereocenters. The number of likely N-dealkylation sites (tertiary alicyclic amines) is 1. The molecule has 0 bridgehead atoms. The van der Waals surface area contributed by atoms with E-state index >= 15 is 0 Å². The molecule has 6 nitrogen and oxygen atoms in total. The van der Waals surface area contributed by atoms with Crippen LogP contribution in [0.25, 0.3) is 10.9 Å². The Hall–Kier alpha value is -2.08. The van der Waals surface area contributed by atoms with Crippen LogP contribution in [0.15, 0.2) is 16.9 Å². The molecule has 1 saturated heterocycles. The first kappa shape index (κ1) is 16.8. The maximum Gasteiger partial charge on any atom is 0.259 e. The molecule has 1 aliphatic heterocycles. The molecular weight excluding hydrogens is 306 g/mol. The van der Waals surface area contributed by atoms with E-state index in [9.17, 15) is 4.79 Å². The van der Waals surface area contributed by atoms with Gasteiger partial charge in [0.15, 0.2) is 17.3 Å². The Morgan fingerprint density at radius 1 is 1.17 bits per heavy atom. The first-order valence-corrected chi connectivity index (χ1v) is 8.48. The number of quaternary nitrogens is 1. The third kappa shape index (κ3) is 3.38. The Bertz CT molecular complexity index is 777. The molecule has 2 N–H and O–H groups in total. The number of benzene rings is 1. The average molecular weight is 332 g/mol. The van der Waals surface area contributed by atoms with Gasteiger partial charge in [0.1, 0.15) is 6.54 Å². The quantitative estimate of drug-likeness (QED) is 0.876. The summed E-state index contributed by atoms with van der Waals surface area (Å²) in [5.41, 5.74) is 0.511. The van der Waals surface area contributed by atoms with Crippen LogP contribution < -0.4 is 19.9 Å². The average Bonchev–Trinajstić information content (AvgIpc) is 2.52. The number of H-pyrrole nitrogens is 1. The summed E-state index contributed by atoms with van der Waals surface area (Å²) in [5.74, 6) is 3.27. The molecule has 6 heteroatoms. The fourth-order valence-electron chi connectivity index (χ4n) is 3.90. The van der Waals surface area contributed by atoms with Crippen molar-refractivity contribution in [1.82, 2.24) is 9.97 Å². The molecule has 2 aromatic rings. The van der Waals surface area contributed by atoms with Gasteiger partial charge in [0.05, 0.1) is 38.2 Å². The molecule has 0 unspecified atom stereocenters. The second-order valence-electron chi connectivity index (χ2n) is 7.02. The second-order valence-corrected chi connectivity index (χ2v) is 7.02. The number of nitrogens with one attached hydrogen (secondary N) is 2. The fraction of sp³-hybridized carbons (Fsp3) is 0.556. The summed E-state index contributed by atoms with van der Waals surface area (Å²) in [6.07, 6.45) is 1.28. The first-order valence-electron chi connectivity index (χ1n) is 8.48. The lowest BCUT2D eigenvalue weighted by atomic mass is 9.92. The zero-order chi connectivity index (χ0) is 17.3. The van der Waals surface area contributed by atoms with E-state index in [0.29, 0.717) is 34.2 Å². The van der Waals surface area contributed by atoms with Gasteiger partial charge in [-0.1, -0.05) is 13.8 Å². The molecule has 1 fully saturated rings. The molecule has 0 saturated carbocycles. The van der Waals surface area contributed by atoms with Crippen molar-refractivity contribution in [2.75, 3.05) is 27.3 Å². The van der Waals surface area contributed by atoms with E-state index < -0.39 is 0 Å². The van der Waals surface area contributed by atoms with Crippen LogP contribution in [-0.4, -0.2) is 37.3 Å². The van der Waals surface area contributed by atoms with Crippen LogP contribution >= 0.6 is 0 Å². The minimum absolute atomic E-state index is 0.131. The highest BCUT2D eigenvalue weighted by molar-refractivity contribution is 5.81. The molecule has 130 valence electrons. The molecule has 3 rings (SSSR count). The lowest BCUT2D eigenvalue weighted by Gasteiger charge is -2.31. The number of nitrogens with zero attached hydrogens (tertiary/aromatic N) is 1. The summed E-state index contributed by atoms with van der Waals surface area (Å²) >= 11 is 0. The number of rotatable bonds is 4. The number of fused-ring (bicyclic) bond motifs is 1. The van der Waals surface area contributed by atoms with Crippen molar-refractivity contribution in [3.05, 3.63) is 28.3 Å². The summed E-state index contributed by atoms with van der Waals surface area (Å²) in [6, 6.07) is 3.45. The van der Waals surface area contributed by atoms with E-state index in [-0.39, 0.29) is 5.56 Å². The van der Waals surface area contributed by atoms with Crippen LogP contribution in [0.2, 0.25) is 0 Å². The zero-order valence-electron chi connectivity index (χ0n) is 14.8. The topological polar surface area (TPSA) is 68.7 Å². The monoisotopic (exact) mass is 332 g/mol. The Balaban J connectivity index is 1.93. The number of hydrogen-bond donors (Lipinski definition) is 2. The van der Waals surface area contributed by atoms with Gasteiger partial charge in [0.25, 0.3) is 5.56 Å². The van der Waals surface area contributed by atoms with E-state index in [4.69, 9.17) is 9.47 Å². The predicted molar refractivity (Wildman–Crippen MR) is 92.8 cm³/mol. The van der Waals surface area contributed by atoms with Gasteiger partial charge in [0.2, 0.25) is 0 Å². The molecule has 0 aliphatic carbocycles. The van der Waals surface area contributed by atoms with Crippen LogP contribution in [0.4, 0.5) is 0 Å². The van der Waals surface area contributed by atoms with Gasteiger partial charge in [-0.2, -0.15) is 0 Å². The summed E-state index contributed by atoms with van der Waals surface area (Å²) in [5, 5.41) is 0.520. The smallest absolute Gasteiger partial charge is 0.259 e. The van der Waals surface area contributed by atoms with Gasteiger partial charge >= 0.3 is 0 Å². The van der Waals surface area contributed by atoms with E-state index in [1.165, 1.54) is 11.3 Å². The van der Waals surface area contributed by atoms with E-state index in [1.807, 2.05) is 0 Å². The molecule has 1 aliphatic rings. The number of piperidine rings is 1. The molecule has 0 radical (unpaired) electrons. The number of hydrogen-bond acceptors (Lipinski definition) is 4. The highest BCUT2D eigenvalue weighted by Crippen LogP contribution is 2.29. The maximum atomic E-state index is 12.4. The molecule has 2 heterocycles. The highest BCUT2D eigenvalue weighted by atomic mass is 16.5. The number of methoxy groups -OCH3 is 2. The standard InChI is InChI=1S/C18H25N3O3/c1-11-5-12(2)9-21(8-11)10-17-19-14-7-16(24-4)15(23-3)6-13(14)18(22)20-17/h6-7,11-12H,5,8-10H2,1-4H3,(H,19,20,22)/p+1/t11-,12-/m1/s1. The van der Waals surface area contributed by atoms with E-state index in [2.05, 4.69) is 23.8 Å². The van der Waals surface area contributed by atoms with Gasteiger partial charge in [-0.15, -0.1) is 0 Å². The SMILES string of the molecule is COc1cc2nc(C[NH+]3C[C@H](C)C[C@@H](C)C3)[nH]c(=O)c2cc1OC. The Kier molecular flexibility index (Phi) is 4.76. The number of aromatic nitrogens is 2. The van der Waals surface area contributed by atoms with Crippen molar-refractivity contribution in [2.45, 2.75) is 26.8 Å². The van der Waals surface area contributed by atoms with Crippen LogP contribution in [-0.2, 0) is 6.54 Å². The second kappa shape index (κ2) is 6.81. The highest BCUT2D eigenvalue weighted by Gasteiger charge is 2.26. The lowest BCUT2D eigenvalue weighted by molar-refractivity contribution is -0.926. The molecule has 1 aromatic carbocycles. The van der Waals surface area contributed by atoms with Gasteiger partial charge in [-0.3, -0.25) is 4.79 Å². The first-order chi connectivity index (χ1) is 11.5. The van der Waals surface area contributed by atoms with Crippen molar-refractivity contribution in [3.8, 4) is 11.5 Å². The largest absolute Gasteiger partial charge is 0.493 e. The summed E-state index contributed by atoms with van der Waals surface area (Å²) in [4.78, 5) is 21.5. The molecule has 24 heavy (non-hydrogen) atoms. The van der Waals surface area contributed by atoms with Gasteiger partial charge < -0.3 is 19.4 Å². The Labute approximate surface area is 141 Å². The van der Waals surface area contributed by atoms with Gasteiger partial charge in [-0.05, 0) is 12.5 Å². The zero-order valence-corrected chi connectivity index (χ0v) is 14.8. The van der Waals surface area contributed by atoms with Crippen molar-refractivity contribution >= 4 is 10.9 Å². The van der Waals surface area contributed by atoms with Crippen molar-refractivity contribution in [1.29, 1.82) is 0 Å². The third-order valence-electron chi connectivity index (χ3n) is 4.76. The van der Waals surface area contributed by atoms with Crippen LogP contribution in [0, 0.1) is 11.8 Å². The molecular formula is C18H26N3O3+. The predicted octanol–water partition coefficient (Wildman–Crippen LogP) is 1.00. The van der Waals surface area contributed by atoms with Crippen LogP contribution in [0.3, 0.4) is 0 Å². The normalized spacial score (nSPS) is 24.1. The number of aromatic amines is 1. The third-order valence-corrected chi connectivity index (χ3v) is 4.76. The molecule has 0 spiro atoms. The Morgan fingerprint density at radius 3 is 2.42 bits per heavy atom. The molecule has 0 amide bonds. The Morgan fingerprint density at radius 2 is 1.79 bits per heavy atom. The van der Waals surface area contributed by atoms with Gasteiger partial charge in [-0.25, -0.2) is 4.98 Å². The summed E-state index contributed by atoms with van der Waals surface area (Å²) < 4.78 is 10.6. The lowest BCUT2D eigenvalue weighted by Crippen LogP contribution is -3.13. The van der Waals surface area contributed by atoms with E-state index in [1.54, 1.807) is 26.4 Å². The van der Waals surface area contributed by atoms with Crippen LogP contribution in [0.1, 0.15) is 26.1 Å². The summed E-state index contributed by atoms with van der Waals surface area (Å²) in [7, 11) is 3.14. The van der Waals surface area contributed by atoms with E-state index in [0.717, 1.165) is 25.5 Å².